The van der Waals surface area contributed by atoms with Crippen LogP contribution in [-0.4, -0.2) is 61.2 Å². The number of nitrogens with zero attached hydrogens (tertiary/aromatic N) is 4. The van der Waals surface area contributed by atoms with Crippen molar-refractivity contribution >= 4 is 38.2 Å². The van der Waals surface area contributed by atoms with Crippen molar-refractivity contribution in [1.82, 2.24) is 14.2 Å². The van der Waals surface area contributed by atoms with E-state index < -0.39 is 10.0 Å². The molecule has 8 nitrogen and oxygen atoms in total. The normalized spacial score (nSPS) is 15.7. The molecule has 1 amide bonds. The molecule has 4 aromatic rings. The lowest BCUT2D eigenvalue weighted by Crippen LogP contribution is -2.33. The molecule has 1 aromatic heterocycles. The smallest absolute Gasteiger partial charge is 0.256 e. The Morgan fingerprint density at radius 1 is 0.930 bits per heavy atom. The van der Waals surface area contributed by atoms with E-state index in [1.165, 1.54) is 9.87 Å². The summed E-state index contributed by atoms with van der Waals surface area (Å²) in [6.07, 6.45) is 2.88. The van der Waals surface area contributed by atoms with E-state index in [4.69, 9.17) is 4.98 Å². The first kappa shape index (κ1) is 29.3. The van der Waals surface area contributed by atoms with Gasteiger partial charge in [0, 0.05) is 68.9 Å². The molecule has 0 unspecified atom stereocenters. The number of nitrogens with one attached hydrogen (secondary N) is 1. The Labute approximate surface area is 254 Å². The molecule has 224 valence electrons. The van der Waals surface area contributed by atoms with Gasteiger partial charge in [-0.2, -0.15) is 4.31 Å². The van der Waals surface area contributed by atoms with Crippen molar-refractivity contribution in [2.75, 3.05) is 42.9 Å². The lowest BCUT2D eigenvalue weighted by Gasteiger charge is -2.30. The van der Waals surface area contributed by atoms with Gasteiger partial charge in [-0.3, -0.25) is 14.7 Å². The Morgan fingerprint density at radius 2 is 1.65 bits per heavy atom. The monoisotopic (exact) mass is 597 g/mol. The molecule has 1 saturated heterocycles. The van der Waals surface area contributed by atoms with E-state index in [9.17, 15) is 13.2 Å². The maximum atomic E-state index is 14.4. The zero-order valence-corrected chi connectivity index (χ0v) is 25.7. The maximum Gasteiger partial charge on any atom is 0.256 e. The molecule has 43 heavy (non-hydrogen) atoms. The summed E-state index contributed by atoms with van der Waals surface area (Å²) in [5, 5.41) is 3.99. The number of carbonyl (C=O) groups is 1. The van der Waals surface area contributed by atoms with Gasteiger partial charge in [0.25, 0.3) is 5.91 Å². The molecular weight excluding hydrogens is 558 g/mol. The number of carbonyl (C=O) groups excluding carboxylic acids is 1. The minimum Gasteiger partial charge on any atom is -0.370 e. The number of hydrogen-bond donors (Lipinski definition) is 1. The number of fused-ring (bicyclic) bond motifs is 2. The van der Waals surface area contributed by atoms with Crippen molar-refractivity contribution in [3.8, 4) is 0 Å². The molecule has 9 heteroatoms. The summed E-state index contributed by atoms with van der Waals surface area (Å²) >= 11 is 0. The van der Waals surface area contributed by atoms with E-state index >= 15 is 0 Å². The van der Waals surface area contributed by atoms with Gasteiger partial charge in [-0.05, 0) is 42.7 Å². The van der Waals surface area contributed by atoms with Gasteiger partial charge in [-0.15, -0.1) is 0 Å². The van der Waals surface area contributed by atoms with Gasteiger partial charge < -0.3 is 10.2 Å². The fourth-order valence-corrected chi connectivity index (χ4v) is 7.87. The van der Waals surface area contributed by atoms with E-state index in [1.54, 1.807) is 12.1 Å². The van der Waals surface area contributed by atoms with Gasteiger partial charge in [-0.1, -0.05) is 62.4 Å². The van der Waals surface area contributed by atoms with Crippen molar-refractivity contribution in [2.45, 2.75) is 51.1 Å². The van der Waals surface area contributed by atoms with Crippen molar-refractivity contribution in [2.24, 2.45) is 0 Å². The van der Waals surface area contributed by atoms with Crippen molar-refractivity contribution in [3.05, 3.63) is 95.2 Å². The van der Waals surface area contributed by atoms with E-state index in [2.05, 4.69) is 27.2 Å². The van der Waals surface area contributed by atoms with Crippen LogP contribution in [0.15, 0.2) is 77.7 Å². The van der Waals surface area contributed by atoms with Crippen LogP contribution in [0.4, 0.5) is 11.4 Å². The molecule has 0 atom stereocenters. The summed E-state index contributed by atoms with van der Waals surface area (Å²) in [6.45, 7) is 8.42. The minimum atomic E-state index is -3.70. The first-order chi connectivity index (χ1) is 20.9. The molecule has 0 saturated carbocycles. The first-order valence-electron chi connectivity index (χ1n) is 15.3. The number of pyridine rings is 1. The van der Waals surface area contributed by atoms with Crippen LogP contribution in [0.5, 0.6) is 0 Å². The van der Waals surface area contributed by atoms with Crippen LogP contribution in [-0.2, 0) is 29.5 Å². The Morgan fingerprint density at radius 3 is 2.40 bits per heavy atom. The number of benzene rings is 3. The van der Waals surface area contributed by atoms with Crippen molar-refractivity contribution in [3.63, 3.8) is 0 Å². The van der Waals surface area contributed by atoms with Crippen LogP contribution in [0.1, 0.15) is 53.9 Å². The molecule has 0 aliphatic carbocycles. The third-order valence-electron chi connectivity index (χ3n) is 8.61. The van der Waals surface area contributed by atoms with Gasteiger partial charge in [0.2, 0.25) is 10.0 Å². The summed E-state index contributed by atoms with van der Waals surface area (Å²) in [4.78, 5) is 24.1. The summed E-state index contributed by atoms with van der Waals surface area (Å²) in [5.74, 6) is -0.241. The van der Waals surface area contributed by atoms with E-state index in [1.807, 2.05) is 62.4 Å². The lowest BCUT2D eigenvalue weighted by atomic mass is 9.94. The molecule has 0 bridgehead atoms. The van der Waals surface area contributed by atoms with Crippen LogP contribution in [0.25, 0.3) is 10.9 Å². The highest BCUT2D eigenvalue weighted by atomic mass is 32.2. The molecule has 2 aliphatic rings. The number of aromatic nitrogens is 1. The predicted octanol–water partition coefficient (Wildman–Crippen LogP) is 5.68. The molecule has 3 aromatic carbocycles. The SMILES string of the molecule is CCN(CC)S(=O)(=O)c1ccc(N2CCCC2)c(NC(=O)c2c3c(nc4ccccc24)CCN(Cc2ccccc2)C3)c1. The summed E-state index contributed by atoms with van der Waals surface area (Å²) in [6, 6.07) is 23.3. The number of anilines is 2. The largest absolute Gasteiger partial charge is 0.370 e. The Kier molecular flexibility index (Phi) is 8.47. The minimum absolute atomic E-state index is 0.185. The Bertz CT molecular complexity index is 1730. The number of hydrogen-bond acceptors (Lipinski definition) is 6. The Balaban J connectivity index is 1.41. The molecule has 0 spiro atoms. The maximum absolute atomic E-state index is 14.4. The highest BCUT2D eigenvalue weighted by molar-refractivity contribution is 7.89. The van der Waals surface area contributed by atoms with Crippen LogP contribution < -0.4 is 10.2 Å². The zero-order valence-electron chi connectivity index (χ0n) is 24.9. The van der Waals surface area contributed by atoms with Crippen LogP contribution in [0, 0.1) is 0 Å². The predicted molar refractivity (Wildman–Crippen MR) is 172 cm³/mol. The van der Waals surface area contributed by atoms with Gasteiger partial charge in [0.05, 0.1) is 27.4 Å². The summed E-state index contributed by atoms with van der Waals surface area (Å²) in [5.41, 5.74) is 5.89. The number of sulfonamides is 1. The van der Waals surface area contributed by atoms with E-state index in [0.29, 0.717) is 30.9 Å². The average molecular weight is 598 g/mol. The average Bonchev–Trinajstić information content (AvgIpc) is 3.56. The molecule has 2 aliphatic heterocycles. The van der Waals surface area contributed by atoms with E-state index in [-0.39, 0.29) is 10.8 Å². The highest BCUT2D eigenvalue weighted by Gasteiger charge is 2.29. The molecular formula is C34H39N5O3S. The zero-order chi connectivity index (χ0) is 30.0. The van der Waals surface area contributed by atoms with Gasteiger partial charge in [0.15, 0.2) is 0 Å². The summed E-state index contributed by atoms with van der Waals surface area (Å²) < 4.78 is 28.4. The number of para-hydroxylation sites is 1. The van der Waals surface area contributed by atoms with Crippen molar-refractivity contribution < 1.29 is 13.2 Å². The number of rotatable bonds is 9. The summed E-state index contributed by atoms with van der Waals surface area (Å²) in [7, 11) is -3.70. The topological polar surface area (TPSA) is 85.8 Å². The second kappa shape index (κ2) is 12.4. The van der Waals surface area contributed by atoms with Crippen LogP contribution in [0.2, 0.25) is 0 Å². The van der Waals surface area contributed by atoms with Gasteiger partial charge in [0.1, 0.15) is 0 Å². The third-order valence-corrected chi connectivity index (χ3v) is 10.7. The van der Waals surface area contributed by atoms with E-state index in [0.717, 1.165) is 73.3 Å². The fourth-order valence-electron chi connectivity index (χ4n) is 6.39. The van der Waals surface area contributed by atoms with Gasteiger partial charge in [-0.25, -0.2) is 8.42 Å². The molecule has 6 rings (SSSR count). The third kappa shape index (κ3) is 5.89. The number of amides is 1. The molecule has 1 N–H and O–H groups in total. The second-order valence-electron chi connectivity index (χ2n) is 11.3. The standard InChI is InChI=1S/C34H39N5O3S/c1-3-39(4-2)43(41,42)26-16-17-32(38-19-10-11-20-38)31(22-26)36-34(40)33-27-14-8-9-15-29(27)35-30-18-21-37(24-28(30)33)23-25-12-6-5-7-13-25/h5-9,12-17,22H,3-4,10-11,18-21,23-24H2,1-2H3,(H,36,40). The van der Waals surface area contributed by atoms with Gasteiger partial charge >= 0.3 is 0 Å². The second-order valence-corrected chi connectivity index (χ2v) is 13.2. The van der Waals surface area contributed by atoms with Crippen molar-refractivity contribution in [1.29, 1.82) is 0 Å². The molecule has 0 radical (unpaired) electrons. The molecule has 1 fully saturated rings. The fraction of sp³-hybridized carbons (Fsp3) is 0.353. The van der Waals surface area contributed by atoms with Crippen LogP contribution >= 0.6 is 0 Å². The van der Waals surface area contributed by atoms with Crippen LogP contribution in [0.3, 0.4) is 0 Å². The highest BCUT2D eigenvalue weighted by Crippen LogP contribution is 2.35. The molecule has 3 heterocycles. The Hall–Kier alpha value is -3.79. The lowest BCUT2D eigenvalue weighted by molar-refractivity contribution is 0.102. The quantitative estimate of drug-likeness (QED) is 0.267. The first-order valence-corrected chi connectivity index (χ1v) is 16.7.